The molecule has 3 aromatic rings. The molecule has 0 aliphatic rings. The summed E-state index contributed by atoms with van der Waals surface area (Å²) in [7, 11) is 0. The molecule has 0 amide bonds. The van der Waals surface area contributed by atoms with Crippen molar-refractivity contribution in [1.82, 2.24) is 20.4 Å². The van der Waals surface area contributed by atoms with Gasteiger partial charge in [0.1, 0.15) is 23.9 Å². The molecule has 0 aliphatic carbocycles. The molecule has 0 aliphatic heterocycles. The monoisotopic (exact) mass is 355 g/mol. The van der Waals surface area contributed by atoms with Gasteiger partial charge in [-0.25, -0.2) is 13.8 Å². The lowest BCUT2D eigenvalue weighted by atomic mass is 10.2. The smallest absolute Gasteiger partial charge is 0.396 e. The van der Waals surface area contributed by atoms with E-state index >= 15 is 0 Å². The summed E-state index contributed by atoms with van der Waals surface area (Å²) < 4.78 is 69.7. The number of alkyl halides is 3. The Balaban J connectivity index is 2.15. The van der Waals surface area contributed by atoms with Crippen molar-refractivity contribution in [3.05, 3.63) is 41.3 Å². The van der Waals surface area contributed by atoms with Gasteiger partial charge in [-0.05, 0) is 18.2 Å². The number of aromatic amines is 1. The van der Waals surface area contributed by atoms with E-state index in [0.717, 1.165) is 18.2 Å². The predicted octanol–water partition coefficient (Wildman–Crippen LogP) is 3.38. The lowest BCUT2D eigenvalue weighted by molar-refractivity contribution is -0.129. The van der Waals surface area contributed by atoms with Crippen LogP contribution in [-0.2, 0) is 6.42 Å². The van der Waals surface area contributed by atoms with Gasteiger partial charge >= 0.3 is 6.18 Å². The number of benzene rings is 1. The van der Waals surface area contributed by atoms with Crippen molar-refractivity contribution in [2.45, 2.75) is 12.6 Å². The van der Waals surface area contributed by atoms with Crippen molar-refractivity contribution in [2.24, 2.45) is 0 Å². The fourth-order valence-electron chi connectivity index (χ4n) is 2.07. The van der Waals surface area contributed by atoms with E-state index in [9.17, 15) is 22.0 Å². The minimum atomic E-state index is -4.63. The van der Waals surface area contributed by atoms with Crippen molar-refractivity contribution in [3.8, 4) is 28.9 Å². The Bertz CT molecular complexity index is 969. The van der Waals surface area contributed by atoms with E-state index in [1.54, 1.807) is 6.07 Å². The molecule has 11 heteroatoms. The van der Waals surface area contributed by atoms with Gasteiger partial charge in [0, 0.05) is 5.56 Å². The minimum Gasteiger partial charge on any atom is -0.440 e. The van der Waals surface area contributed by atoms with Crippen LogP contribution < -0.4 is 0 Å². The van der Waals surface area contributed by atoms with Crippen LogP contribution in [0.15, 0.2) is 22.6 Å². The molecule has 128 valence electrons. The zero-order chi connectivity index (χ0) is 18.2. The minimum absolute atomic E-state index is 0.0735. The number of nitrogens with zero attached hydrogens (tertiary/aromatic N) is 4. The van der Waals surface area contributed by atoms with E-state index in [1.165, 1.54) is 0 Å². The van der Waals surface area contributed by atoms with Gasteiger partial charge in [0.15, 0.2) is 23.0 Å². The zero-order valence-corrected chi connectivity index (χ0v) is 12.0. The summed E-state index contributed by atoms with van der Waals surface area (Å²) in [5.74, 6) is -3.35. The molecule has 25 heavy (non-hydrogen) atoms. The van der Waals surface area contributed by atoms with Gasteiger partial charge in [-0.2, -0.15) is 28.7 Å². The first-order valence-electron chi connectivity index (χ1n) is 6.61. The van der Waals surface area contributed by atoms with Crippen LogP contribution in [0, 0.1) is 23.0 Å². The van der Waals surface area contributed by atoms with Crippen LogP contribution in [0.1, 0.15) is 11.5 Å². The average Bonchev–Trinajstić information content (AvgIpc) is 3.14. The van der Waals surface area contributed by atoms with Crippen molar-refractivity contribution < 1.29 is 26.4 Å². The molecule has 0 atom stereocenters. The fraction of sp³-hybridized carbons (Fsp3) is 0.143. The Morgan fingerprint density at radius 2 is 1.88 bits per heavy atom. The number of oxazole rings is 1. The predicted molar refractivity (Wildman–Crippen MR) is 71.7 cm³/mol. The van der Waals surface area contributed by atoms with Crippen LogP contribution in [0.25, 0.3) is 22.8 Å². The first-order valence-corrected chi connectivity index (χ1v) is 6.61. The van der Waals surface area contributed by atoms with E-state index in [0.29, 0.717) is 0 Å². The number of nitrogens with one attached hydrogen (secondary N) is 1. The number of hydrogen-bond donors (Lipinski definition) is 1. The summed E-state index contributed by atoms with van der Waals surface area (Å²) in [6, 6.07) is 4.27. The molecule has 3 rings (SSSR count). The molecule has 2 heterocycles. The Labute approximate surface area is 135 Å². The molecule has 0 spiro atoms. The number of aromatic nitrogens is 4. The van der Waals surface area contributed by atoms with Gasteiger partial charge < -0.3 is 4.42 Å². The maximum atomic E-state index is 13.3. The number of H-pyrrole nitrogens is 1. The Kier molecular flexibility index (Phi) is 3.96. The number of nitriles is 1. The topological polar surface area (TPSA) is 91.4 Å². The van der Waals surface area contributed by atoms with Crippen LogP contribution in [0.5, 0.6) is 0 Å². The second-order valence-corrected chi connectivity index (χ2v) is 4.84. The highest BCUT2D eigenvalue weighted by Gasteiger charge is 2.34. The highest BCUT2D eigenvalue weighted by Crippen LogP contribution is 2.33. The summed E-state index contributed by atoms with van der Waals surface area (Å²) in [6.07, 6.45) is -6.12. The molecule has 0 radical (unpaired) electrons. The summed E-state index contributed by atoms with van der Waals surface area (Å²) >= 11 is 0. The van der Waals surface area contributed by atoms with E-state index < -0.39 is 30.0 Å². The van der Waals surface area contributed by atoms with Crippen LogP contribution in [-0.4, -0.2) is 26.6 Å². The number of rotatable bonds is 3. The van der Waals surface area contributed by atoms with E-state index in [-0.39, 0.29) is 28.5 Å². The molecule has 0 fully saturated rings. The fourth-order valence-corrected chi connectivity index (χ4v) is 2.07. The number of hydrogen-bond acceptors (Lipinski definition) is 5. The Morgan fingerprint density at radius 1 is 1.12 bits per heavy atom. The van der Waals surface area contributed by atoms with E-state index in [1.807, 2.05) is 0 Å². The molecule has 0 bridgehead atoms. The Hall–Kier alpha value is -3.29. The normalized spacial score (nSPS) is 11.5. The summed E-state index contributed by atoms with van der Waals surface area (Å²) in [4.78, 5) is 3.86. The van der Waals surface area contributed by atoms with Crippen molar-refractivity contribution in [1.29, 1.82) is 5.26 Å². The van der Waals surface area contributed by atoms with E-state index in [4.69, 9.17) is 9.68 Å². The van der Waals surface area contributed by atoms with Crippen LogP contribution in [0.3, 0.4) is 0 Å². The first kappa shape index (κ1) is 16.6. The van der Waals surface area contributed by atoms with Crippen LogP contribution >= 0.6 is 0 Å². The molecular weight excluding hydrogens is 349 g/mol. The maximum absolute atomic E-state index is 13.3. The molecule has 2 aromatic heterocycles. The van der Waals surface area contributed by atoms with Gasteiger partial charge in [0.05, 0.1) is 0 Å². The van der Waals surface area contributed by atoms with Gasteiger partial charge in [-0.3, -0.25) is 0 Å². The van der Waals surface area contributed by atoms with Gasteiger partial charge in [0.25, 0.3) is 0 Å². The standard InChI is InChI=1S/C14H6F5N5O/c15-7-2-1-6(3-8(7)16)13-21-12(10(25-13)4-14(17,18)19)11-9(5-20)22-24-23-11/h1-3H,4H2,(H,22,23,24). The van der Waals surface area contributed by atoms with E-state index in [2.05, 4.69) is 20.4 Å². The highest BCUT2D eigenvalue weighted by atomic mass is 19.4. The largest absolute Gasteiger partial charge is 0.440 e. The molecular formula is C14H6F5N5O. The third-order valence-electron chi connectivity index (χ3n) is 3.10. The second kappa shape index (κ2) is 5.97. The third kappa shape index (κ3) is 3.32. The Morgan fingerprint density at radius 3 is 2.52 bits per heavy atom. The lowest BCUT2D eigenvalue weighted by Gasteiger charge is -2.03. The molecule has 0 saturated carbocycles. The highest BCUT2D eigenvalue weighted by molar-refractivity contribution is 5.66. The molecule has 0 saturated heterocycles. The second-order valence-electron chi connectivity index (χ2n) is 4.84. The van der Waals surface area contributed by atoms with Crippen molar-refractivity contribution >= 4 is 0 Å². The van der Waals surface area contributed by atoms with Crippen LogP contribution in [0.4, 0.5) is 22.0 Å². The molecule has 1 aromatic carbocycles. The third-order valence-corrected chi connectivity index (χ3v) is 3.10. The summed E-state index contributed by atoms with van der Waals surface area (Å²) in [5.41, 5.74) is -0.953. The molecule has 1 N–H and O–H groups in total. The average molecular weight is 355 g/mol. The maximum Gasteiger partial charge on any atom is 0.396 e. The SMILES string of the molecule is N#Cc1n[nH]nc1-c1nc(-c2ccc(F)c(F)c2)oc1CC(F)(F)F. The summed E-state index contributed by atoms with van der Waals surface area (Å²) in [6.45, 7) is 0. The van der Waals surface area contributed by atoms with Gasteiger partial charge in [0.2, 0.25) is 5.89 Å². The van der Waals surface area contributed by atoms with Crippen LogP contribution in [0.2, 0.25) is 0 Å². The first-order chi connectivity index (χ1) is 11.8. The zero-order valence-electron chi connectivity index (χ0n) is 12.0. The van der Waals surface area contributed by atoms with Gasteiger partial charge in [-0.15, -0.1) is 5.10 Å². The van der Waals surface area contributed by atoms with Crippen molar-refractivity contribution in [2.75, 3.05) is 0 Å². The lowest BCUT2D eigenvalue weighted by Crippen LogP contribution is -2.11. The molecule has 0 unspecified atom stereocenters. The quantitative estimate of drug-likeness (QED) is 0.727. The van der Waals surface area contributed by atoms with Gasteiger partial charge in [-0.1, -0.05) is 0 Å². The molecule has 6 nitrogen and oxygen atoms in total. The van der Waals surface area contributed by atoms with Crippen molar-refractivity contribution in [3.63, 3.8) is 0 Å². The summed E-state index contributed by atoms with van der Waals surface area (Å²) in [5, 5.41) is 18.1. The number of halogens is 5.